The van der Waals surface area contributed by atoms with Crippen LogP contribution in [0.5, 0.6) is 0 Å². The lowest BCUT2D eigenvalue weighted by Gasteiger charge is -2.13. The van der Waals surface area contributed by atoms with Gasteiger partial charge in [-0.1, -0.05) is 54.6 Å². The van der Waals surface area contributed by atoms with Crippen LogP contribution in [0, 0.1) is 0 Å². The topological polar surface area (TPSA) is 93.5 Å². The van der Waals surface area contributed by atoms with E-state index in [9.17, 15) is 4.79 Å². The summed E-state index contributed by atoms with van der Waals surface area (Å²) in [6.07, 6.45) is 0.525. The molecule has 0 saturated heterocycles. The predicted octanol–water partition coefficient (Wildman–Crippen LogP) is 2.59. The third-order valence-electron chi connectivity index (χ3n) is 3.60. The van der Waals surface area contributed by atoms with Crippen molar-refractivity contribution in [2.75, 3.05) is 0 Å². The molecule has 2 rings (SSSR count). The smallest absolute Gasteiger partial charge is 0.237 e. The molecule has 142 valence electrons. The van der Waals surface area contributed by atoms with Gasteiger partial charge < -0.3 is 16.8 Å². The SMILES string of the molecule is CC(N)=NCc1cccc(CNC(=O)[C@@H](N)Cc2ccccc2)c1.Cl.Cl. The zero-order valence-electron chi connectivity index (χ0n) is 14.7. The Morgan fingerprint density at radius 2 is 1.65 bits per heavy atom. The van der Waals surface area contributed by atoms with Gasteiger partial charge in [-0.25, -0.2) is 0 Å². The second-order valence-corrected chi connectivity index (χ2v) is 5.79. The van der Waals surface area contributed by atoms with Crippen LogP contribution in [0.1, 0.15) is 23.6 Å². The molecule has 0 unspecified atom stereocenters. The first kappa shape index (κ1) is 23.9. The minimum Gasteiger partial charge on any atom is -0.388 e. The van der Waals surface area contributed by atoms with Crippen molar-refractivity contribution in [1.82, 2.24) is 5.32 Å². The lowest BCUT2D eigenvalue weighted by atomic mass is 10.1. The third kappa shape index (κ3) is 8.34. The average Bonchev–Trinajstić information content (AvgIpc) is 2.59. The number of hydrogen-bond donors (Lipinski definition) is 3. The molecule has 1 atom stereocenters. The number of carbonyl (C=O) groups is 1. The number of hydrogen-bond acceptors (Lipinski definition) is 3. The van der Waals surface area contributed by atoms with Gasteiger partial charge in [0.25, 0.3) is 0 Å². The molecule has 5 nitrogen and oxygen atoms in total. The van der Waals surface area contributed by atoms with Crippen LogP contribution >= 0.6 is 24.8 Å². The summed E-state index contributed by atoms with van der Waals surface area (Å²) < 4.78 is 0. The zero-order chi connectivity index (χ0) is 17.4. The van der Waals surface area contributed by atoms with E-state index >= 15 is 0 Å². The second kappa shape index (κ2) is 12.3. The summed E-state index contributed by atoms with van der Waals surface area (Å²) in [5, 5.41) is 2.89. The zero-order valence-corrected chi connectivity index (χ0v) is 16.4. The summed E-state index contributed by atoms with van der Waals surface area (Å²) >= 11 is 0. The van der Waals surface area contributed by atoms with Crippen LogP contribution in [-0.2, 0) is 24.3 Å². The standard InChI is InChI=1S/C19H24N4O.2ClH/c1-14(20)22-12-16-8-5-9-17(10-16)13-23-19(24)18(21)11-15-6-3-2-4-7-15;;/h2-10,18H,11-13,21H2,1H3,(H2,20,22)(H,23,24);2*1H/t18-;;/m0../s1. The van der Waals surface area contributed by atoms with Crippen molar-refractivity contribution in [2.45, 2.75) is 32.5 Å². The largest absolute Gasteiger partial charge is 0.388 e. The van der Waals surface area contributed by atoms with E-state index < -0.39 is 6.04 Å². The van der Waals surface area contributed by atoms with Crippen molar-refractivity contribution < 1.29 is 4.79 Å². The number of nitrogens with one attached hydrogen (secondary N) is 1. The van der Waals surface area contributed by atoms with Crippen LogP contribution in [0.15, 0.2) is 59.6 Å². The van der Waals surface area contributed by atoms with E-state index in [1.54, 1.807) is 6.92 Å². The fourth-order valence-corrected chi connectivity index (χ4v) is 2.33. The number of carbonyl (C=O) groups excluding carboxylic acids is 1. The average molecular weight is 397 g/mol. The number of rotatable bonds is 7. The van der Waals surface area contributed by atoms with Gasteiger partial charge in [-0.2, -0.15) is 0 Å². The molecule has 0 aliphatic carbocycles. The second-order valence-electron chi connectivity index (χ2n) is 5.79. The normalized spacial score (nSPS) is 11.7. The molecule has 0 spiro atoms. The molecule has 0 saturated carbocycles. The number of nitrogens with two attached hydrogens (primary N) is 2. The molecule has 7 heteroatoms. The highest BCUT2D eigenvalue weighted by Gasteiger charge is 2.13. The van der Waals surface area contributed by atoms with Gasteiger partial charge in [0.05, 0.1) is 18.4 Å². The Labute approximate surface area is 167 Å². The van der Waals surface area contributed by atoms with E-state index in [1.165, 1.54) is 0 Å². The number of amidine groups is 1. The van der Waals surface area contributed by atoms with E-state index in [0.717, 1.165) is 16.7 Å². The predicted molar refractivity (Wildman–Crippen MR) is 112 cm³/mol. The van der Waals surface area contributed by atoms with E-state index in [1.807, 2.05) is 54.6 Å². The van der Waals surface area contributed by atoms with Gasteiger partial charge in [0.1, 0.15) is 0 Å². The van der Waals surface area contributed by atoms with Gasteiger partial charge in [0.15, 0.2) is 0 Å². The quantitative estimate of drug-likeness (QED) is 0.495. The number of aliphatic imine (C=N–C) groups is 1. The van der Waals surface area contributed by atoms with Crippen molar-refractivity contribution in [3.05, 3.63) is 71.3 Å². The van der Waals surface area contributed by atoms with Gasteiger partial charge in [0.2, 0.25) is 5.91 Å². The fourth-order valence-electron chi connectivity index (χ4n) is 2.33. The van der Waals surface area contributed by atoms with Crippen molar-refractivity contribution in [3.8, 4) is 0 Å². The Hall–Kier alpha value is -2.08. The van der Waals surface area contributed by atoms with Gasteiger partial charge >= 0.3 is 0 Å². The summed E-state index contributed by atoms with van der Waals surface area (Å²) in [5.41, 5.74) is 14.7. The molecule has 0 radical (unpaired) electrons. The van der Waals surface area contributed by atoms with Crippen LogP contribution in [0.4, 0.5) is 0 Å². The van der Waals surface area contributed by atoms with Crippen LogP contribution in [0.25, 0.3) is 0 Å². The van der Waals surface area contributed by atoms with Crippen molar-refractivity contribution in [1.29, 1.82) is 0 Å². The minimum atomic E-state index is -0.555. The molecule has 0 fully saturated rings. The van der Waals surface area contributed by atoms with Crippen LogP contribution in [-0.4, -0.2) is 17.8 Å². The maximum atomic E-state index is 12.1. The molecular weight excluding hydrogens is 371 g/mol. The monoisotopic (exact) mass is 396 g/mol. The first-order chi connectivity index (χ1) is 11.5. The van der Waals surface area contributed by atoms with E-state index in [2.05, 4.69) is 10.3 Å². The van der Waals surface area contributed by atoms with E-state index in [4.69, 9.17) is 11.5 Å². The molecule has 2 aromatic carbocycles. The molecule has 5 N–H and O–H groups in total. The van der Waals surface area contributed by atoms with Crippen LogP contribution < -0.4 is 16.8 Å². The first-order valence-electron chi connectivity index (χ1n) is 7.96. The molecule has 1 amide bonds. The summed E-state index contributed by atoms with van der Waals surface area (Å²) in [6.45, 7) is 2.75. The number of halogens is 2. The first-order valence-corrected chi connectivity index (χ1v) is 7.96. The Morgan fingerprint density at radius 3 is 2.31 bits per heavy atom. The maximum absolute atomic E-state index is 12.1. The summed E-state index contributed by atoms with van der Waals surface area (Å²) in [4.78, 5) is 16.3. The Morgan fingerprint density at radius 1 is 1.04 bits per heavy atom. The molecule has 0 aliphatic heterocycles. The lowest BCUT2D eigenvalue weighted by Crippen LogP contribution is -2.41. The fraction of sp³-hybridized carbons (Fsp3) is 0.263. The highest BCUT2D eigenvalue weighted by Crippen LogP contribution is 2.07. The number of nitrogens with zero attached hydrogens (tertiary/aromatic N) is 1. The van der Waals surface area contributed by atoms with E-state index in [-0.39, 0.29) is 30.7 Å². The molecular formula is C19H26Cl2N4O. The molecule has 26 heavy (non-hydrogen) atoms. The Balaban J connectivity index is 0.00000312. The highest BCUT2D eigenvalue weighted by atomic mass is 35.5. The summed E-state index contributed by atoms with van der Waals surface area (Å²) in [7, 11) is 0. The summed E-state index contributed by atoms with van der Waals surface area (Å²) in [5.74, 6) is 0.403. The number of amides is 1. The maximum Gasteiger partial charge on any atom is 0.237 e. The van der Waals surface area contributed by atoms with Crippen molar-refractivity contribution >= 4 is 36.6 Å². The Kier molecular flexibility index (Phi) is 11.3. The van der Waals surface area contributed by atoms with Crippen LogP contribution in [0.3, 0.4) is 0 Å². The van der Waals surface area contributed by atoms with Gasteiger partial charge in [-0.05, 0) is 30.0 Å². The van der Waals surface area contributed by atoms with Gasteiger partial charge in [-0.15, -0.1) is 24.8 Å². The van der Waals surface area contributed by atoms with Gasteiger partial charge in [-0.3, -0.25) is 9.79 Å². The van der Waals surface area contributed by atoms with Crippen molar-refractivity contribution in [3.63, 3.8) is 0 Å². The molecule has 0 heterocycles. The highest BCUT2D eigenvalue weighted by molar-refractivity contribution is 5.85. The molecule has 0 aliphatic rings. The minimum absolute atomic E-state index is 0. The van der Waals surface area contributed by atoms with E-state index in [0.29, 0.717) is 25.3 Å². The van der Waals surface area contributed by atoms with Crippen molar-refractivity contribution in [2.24, 2.45) is 16.5 Å². The lowest BCUT2D eigenvalue weighted by molar-refractivity contribution is -0.122. The number of benzene rings is 2. The molecule has 0 bridgehead atoms. The third-order valence-corrected chi connectivity index (χ3v) is 3.60. The molecule has 0 aromatic heterocycles. The summed E-state index contributed by atoms with van der Waals surface area (Å²) in [6, 6.07) is 17.1. The van der Waals surface area contributed by atoms with Gasteiger partial charge in [0, 0.05) is 6.54 Å². The Bertz CT molecular complexity index is 704. The molecule has 2 aromatic rings. The van der Waals surface area contributed by atoms with Crippen LogP contribution in [0.2, 0.25) is 0 Å².